The standard InChI is InChI=1S/C13H18N2O4S/c1-9(13(16)19-2)20(17,18)15-12-5-3-4-10-8-14-7-6-11(10)12/h3-5,9,14-15H,6-8H2,1-2H3. The van der Waals surface area contributed by atoms with Crippen molar-refractivity contribution in [2.24, 2.45) is 0 Å². The minimum atomic E-state index is -3.80. The minimum Gasteiger partial charge on any atom is -0.468 e. The number of hydrogen-bond donors (Lipinski definition) is 2. The number of benzene rings is 1. The highest BCUT2D eigenvalue weighted by Gasteiger charge is 2.29. The molecule has 110 valence electrons. The summed E-state index contributed by atoms with van der Waals surface area (Å²) in [7, 11) is -2.63. The molecule has 1 atom stereocenters. The van der Waals surface area contributed by atoms with E-state index in [-0.39, 0.29) is 0 Å². The molecular weight excluding hydrogens is 280 g/mol. The average molecular weight is 298 g/mol. The van der Waals surface area contributed by atoms with E-state index in [1.165, 1.54) is 14.0 Å². The predicted octanol–water partition coefficient (Wildman–Crippen LogP) is 0.635. The Balaban J connectivity index is 2.28. The number of rotatable bonds is 4. The Morgan fingerprint density at radius 3 is 2.90 bits per heavy atom. The fraction of sp³-hybridized carbons (Fsp3) is 0.462. The van der Waals surface area contributed by atoms with Crippen LogP contribution in [0, 0.1) is 0 Å². The van der Waals surface area contributed by atoms with Crippen LogP contribution in [0.2, 0.25) is 0 Å². The maximum atomic E-state index is 12.2. The largest absolute Gasteiger partial charge is 0.468 e. The lowest BCUT2D eigenvalue weighted by Crippen LogP contribution is -2.34. The lowest BCUT2D eigenvalue weighted by molar-refractivity contribution is -0.139. The van der Waals surface area contributed by atoms with E-state index in [2.05, 4.69) is 14.8 Å². The molecule has 0 aromatic heterocycles. The van der Waals surface area contributed by atoms with E-state index < -0.39 is 21.2 Å². The van der Waals surface area contributed by atoms with Gasteiger partial charge in [0, 0.05) is 6.54 Å². The number of esters is 1. The summed E-state index contributed by atoms with van der Waals surface area (Å²) in [4.78, 5) is 11.4. The fourth-order valence-electron chi connectivity index (χ4n) is 2.16. The van der Waals surface area contributed by atoms with Gasteiger partial charge >= 0.3 is 5.97 Å². The number of hydrogen-bond acceptors (Lipinski definition) is 5. The zero-order chi connectivity index (χ0) is 14.8. The summed E-state index contributed by atoms with van der Waals surface area (Å²) in [6.45, 7) is 2.83. The van der Waals surface area contributed by atoms with Gasteiger partial charge < -0.3 is 10.1 Å². The molecule has 1 aliphatic rings. The molecule has 0 spiro atoms. The van der Waals surface area contributed by atoms with Crippen molar-refractivity contribution in [1.82, 2.24) is 5.32 Å². The van der Waals surface area contributed by atoms with Crippen molar-refractivity contribution >= 4 is 21.7 Å². The molecule has 1 unspecified atom stereocenters. The molecule has 0 saturated carbocycles. The van der Waals surface area contributed by atoms with Gasteiger partial charge in [0.05, 0.1) is 12.8 Å². The van der Waals surface area contributed by atoms with Crippen LogP contribution in [0.5, 0.6) is 0 Å². The number of fused-ring (bicyclic) bond motifs is 1. The van der Waals surface area contributed by atoms with Gasteiger partial charge in [0.1, 0.15) is 0 Å². The van der Waals surface area contributed by atoms with E-state index in [1.807, 2.05) is 6.07 Å². The van der Waals surface area contributed by atoms with Crippen molar-refractivity contribution in [2.45, 2.75) is 25.1 Å². The highest BCUT2D eigenvalue weighted by Crippen LogP contribution is 2.24. The number of anilines is 1. The Bertz CT molecular complexity index is 613. The van der Waals surface area contributed by atoms with Gasteiger partial charge in [0.2, 0.25) is 10.0 Å². The molecule has 20 heavy (non-hydrogen) atoms. The van der Waals surface area contributed by atoms with Crippen LogP contribution in [0.4, 0.5) is 5.69 Å². The van der Waals surface area contributed by atoms with E-state index in [4.69, 9.17) is 0 Å². The van der Waals surface area contributed by atoms with Crippen LogP contribution in [0.15, 0.2) is 18.2 Å². The van der Waals surface area contributed by atoms with Gasteiger partial charge in [-0.3, -0.25) is 9.52 Å². The van der Waals surface area contributed by atoms with Gasteiger partial charge in [0.15, 0.2) is 5.25 Å². The van der Waals surface area contributed by atoms with Crippen LogP contribution in [-0.2, 0) is 32.5 Å². The Kier molecular flexibility index (Phi) is 4.29. The summed E-state index contributed by atoms with van der Waals surface area (Å²) < 4.78 is 31.3. The Labute approximate surface area is 118 Å². The van der Waals surface area contributed by atoms with Gasteiger partial charge in [-0.25, -0.2) is 8.42 Å². The number of sulfonamides is 1. The molecule has 1 aliphatic heterocycles. The Morgan fingerprint density at radius 1 is 1.45 bits per heavy atom. The summed E-state index contributed by atoms with van der Waals surface area (Å²) in [5.41, 5.74) is 2.59. The number of methoxy groups -OCH3 is 1. The molecule has 0 radical (unpaired) electrons. The summed E-state index contributed by atoms with van der Waals surface area (Å²) in [6.07, 6.45) is 0.751. The van der Waals surface area contributed by atoms with Crippen LogP contribution < -0.4 is 10.0 Å². The van der Waals surface area contributed by atoms with E-state index in [0.29, 0.717) is 5.69 Å². The predicted molar refractivity (Wildman–Crippen MR) is 75.9 cm³/mol. The van der Waals surface area contributed by atoms with Crippen molar-refractivity contribution < 1.29 is 17.9 Å². The SMILES string of the molecule is COC(=O)C(C)S(=O)(=O)Nc1cccc2c1CCNC2. The first-order valence-electron chi connectivity index (χ1n) is 6.36. The molecule has 0 amide bonds. The molecule has 1 heterocycles. The molecule has 1 aromatic rings. The fourth-order valence-corrected chi connectivity index (χ4v) is 3.19. The summed E-state index contributed by atoms with van der Waals surface area (Å²) in [5, 5.41) is 1.98. The monoisotopic (exact) mass is 298 g/mol. The zero-order valence-corrected chi connectivity index (χ0v) is 12.3. The van der Waals surface area contributed by atoms with Crippen LogP contribution >= 0.6 is 0 Å². The average Bonchev–Trinajstić information content (AvgIpc) is 2.45. The lowest BCUT2D eigenvalue weighted by Gasteiger charge is -2.21. The molecule has 0 saturated heterocycles. The number of ether oxygens (including phenoxy) is 1. The van der Waals surface area contributed by atoms with E-state index in [1.54, 1.807) is 12.1 Å². The van der Waals surface area contributed by atoms with Gasteiger partial charge in [-0.2, -0.15) is 0 Å². The quantitative estimate of drug-likeness (QED) is 0.797. The molecule has 0 aliphatic carbocycles. The number of nitrogens with one attached hydrogen (secondary N) is 2. The van der Waals surface area contributed by atoms with Crippen molar-refractivity contribution in [3.63, 3.8) is 0 Å². The van der Waals surface area contributed by atoms with Crippen LogP contribution in [-0.4, -0.2) is 33.3 Å². The van der Waals surface area contributed by atoms with Crippen molar-refractivity contribution in [3.8, 4) is 0 Å². The lowest BCUT2D eigenvalue weighted by atomic mass is 9.99. The van der Waals surface area contributed by atoms with Gasteiger partial charge in [-0.05, 0) is 37.1 Å². The molecule has 1 aromatic carbocycles. The Morgan fingerprint density at radius 2 is 2.20 bits per heavy atom. The zero-order valence-electron chi connectivity index (χ0n) is 11.5. The second-order valence-electron chi connectivity index (χ2n) is 4.68. The molecule has 2 N–H and O–H groups in total. The van der Waals surface area contributed by atoms with Crippen molar-refractivity contribution in [2.75, 3.05) is 18.4 Å². The van der Waals surface area contributed by atoms with Crippen LogP contribution in [0.25, 0.3) is 0 Å². The highest BCUT2D eigenvalue weighted by molar-refractivity contribution is 7.94. The number of carbonyl (C=O) groups excluding carboxylic acids is 1. The molecule has 2 rings (SSSR count). The van der Waals surface area contributed by atoms with Crippen molar-refractivity contribution in [3.05, 3.63) is 29.3 Å². The molecule has 7 heteroatoms. The summed E-state index contributed by atoms with van der Waals surface area (Å²) in [6, 6.07) is 5.47. The maximum Gasteiger partial charge on any atom is 0.325 e. The molecular formula is C13H18N2O4S. The third-order valence-corrected chi connectivity index (χ3v) is 5.02. The summed E-state index contributed by atoms with van der Waals surface area (Å²) in [5.74, 6) is -0.774. The van der Waals surface area contributed by atoms with Crippen molar-refractivity contribution in [1.29, 1.82) is 0 Å². The van der Waals surface area contributed by atoms with E-state index in [0.717, 1.165) is 30.6 Å². The first-order valence-corrected chi connectivity index (χ1v) is 7.91. The van der Waals surface area contributed by atoms with Gasteiger partial charge in [-0.1, -0.05) is 12.1 Å². The van der Waals surface area contributed by atoms with Gasteiger partial charge in [-0.15, -0.1) is 0 Å². The first kappa shape index (κ1) is 14.8. The third kappa shape index (κ3) is 2.94. The smallest absolute Gasteiger partial charge is 0.325 e. The van der Waals surface area contributed by atoms with Crippen LogP contribution in [0.3, 0.4) is 0 Å². The van der Waals surface area contributed by atoms with E-state index >= 15 is 0 Å². The van der Waals surface area contributed by atoms with E-state index in [9.17, 15) is 13.2 Å². The molecule has 6 nitrogen and oxygen atoms in total. The summed E-state index contributed by atoms with van der Waals surface area (Å²) >= 11 is 0. The normalized spacial score (nSPS) is 16.1. The molecule has 0 bridgehead atoms. The number of carbonyl (C=O) groups is 1. The second kappa shape index (κ2) is 5.80. The topological polar surface area (TPSA) is 84.5 Å². The minimum absolute atomic E-state index is 0.541. The molecule has 0 fully saturated rings. The van der Waals surface area contributed by atoms with Gasteiger partial charge in [0.25, 0.3) is 0 Å². The first-order chi connectivity index (χ1) is 9.45. The Hall–Kier alpha value is -1.60. The van der Waals surface area contributed by atoms with Crippen LogP contribution in [0.1, 0.15) is 18.1 Å². The highest BCUT2D eigenvalue weighted by atomic mass is 32.2. The second-order valence-corrected chi connectivity index (χ2v) is 6.68. The maximum absolute atomic E-state index is 12.2. The third-order valence-electron chi connectivity index (χ3n) is 3.39.